The molecule has 0 heterocycles. The fourth-order valence-corrected chi connectivity index (χ4v) is 1.64. The maximum absolute atomic E-state index is 12.0. The van der Waals surface area contributed by atoms with Crippen molar-refractivity contribution in [3.8, 4) is 5.75 Å². The Hall–Kier alpha value is -1.72. The van der Waals surface area contributed by atoms with Crippen LogP contribution in [0.15, 0.2) is 12.1 Å². The number of alkyl halides is 3. The molecule has 1 aromatic carbocycles. The number of ether oxygens (including phenoxy) is 1. The van der Waals surface area contributed by atoms with Crippen molar-refractivity contribution in [2.45, 2.75) is 26.4 Å². The van der Waals surface area contributed by atoms with Crippen molar-refractivity contribution in [3.63, 3.8) is 0 Å². The molecule has 0 unspecified atom stereocenters. The Kier molecular flexibility index (Phi) is 4.21. The molecule has 0 atom stereocenters. The van der Waals surface area contributed by atoms with Gasteiger partial charge in [0.2, 0.25) is 0 Å². The molecule has 0 aliphatic rings. The monoisotopic (exact) mass is 263 g/mol. The van der Waals surface area contributed by atoms with Gasteiger partial charge in [-0.25, -0.2) is 0 Å². The van der Waals surface area contributed by atoms with E-state index < -0.39 is 18.8 Å². The summed E-state index contributed by atoms with van der Waals surface area (Å²) < 4.78 is 40.6. The molecule has 0 radical (unpaired) electrons. The van der Waals surface area contributed by atoms with Crippen LogP contribution in [-0.4, -0.2) is 23.9 Å². The Morgan fingerprint density at radius 1 is 1.28 bits per heavy atom. The Labute approximate surface area is 102 Å². The molecule has 6 heteroatoms. The van der Waals surface area contributed by atoms with Crippen molar-refractivity contribution in [3.05, 3.63) is 28.8 Å². The predicted molar refractivity (Wildman–Crippen MR) is 59.8 cm³/mol. The highest BCUT2D eigenvalue weighted by Gasteiger charge is 2.28. The van der Waals surface area contributed by atoms with E-state index in [1.54, 1.807) is 13.8 Å². The maximum atomic E-state index is 12.0. The van der Waals surface area contributed by atoms with Crippen molar-refractivity contribution < 1.29 is 27.8 Å². The molecule has 0 aliphatic heterocycles. The second kappa shape index (κ2) is 5.29. The molecule has 0 fully saturated rings. The quantitative estimate of drug-likeness (QED) is 0.780. The van der Waals surface area contributed by atoms with Gasteiger partial charge in [-0.05, 0) is 42.7 Å². The van der Waals surface area contributed by atoms with E-state index in [1.807, 2.05) is 0 Å². The van der Waals surface area contributed by atoms with Crippen molar-refractivity contribution in [1.29, 1.82) is 0 Å². The van der Waals surface area contributed by atoms with Crippen LogP contribution < -0.4 is 4.74 Å². The van der Waals surface area contributed by atoms with Crippen LogP contribution in [0.25, 0.3) is 0 Å². The molecule has 18 heavy (non-hydrogen) atoms. The van der Waals surface area contributed by atoms with Gasteiger partial charge in [0, 0.05) is 4.79 Å². The van der Waals surface area contributed by atoms with Crippen LogP contribution in [0.3, 0.4) is 0 Å². The molecule has 0 spiro atoms. The molecular formula is C12H14F3O3+. The van der Waals surface area contributed by atoms with Crippen molar-refractivity contribution in [1.82, 2.24) is 0 Å². The first-order valence-corrected chi connectivity index (χ1v) is 5.23. The highest BCUT2D eigenvalue weighted by atomic mass is 19.4. The number of hydrogen-bond donors (Lipinski definition) is 0. The van der Waals surface area contributed by atoms with E-state index in [-0.39, 0.29) is 12.2 Å². The summed E-state index contributed by atoms with van der Waals surface area (Å²) in [4.78, 5) is 10.7. The van der Waals surface area contributed by atoms with Gasteiger partial charge >= 0.3 is 12.1 Å². The van der Waals surface area contributed by atoms with Crippen LogP contribution in [-0.2, 0) is 11.2 Å². The highest BCUT2D eigenvalue weighted by Crippen LogP contribution is 2.24. The summed E-state index contributed by atoms with van der Waals surface area (Å²) in [6.07, 6.45) is -4.42. The van der Waals surface area contributed by atoms with Gasteiger partial charge in [-0.15, -0.1) is 0 Å². The number of halogens is 3. The Bertz CT molecular complexity index is 429. The zero-order valence-electron chi connectivity index (χ0n) is 10.0. The number of rotatable bonds is 4. The minimum atomic E-state index is -4.38. The molecule has 1 rings (SSSR count). The van der Waals surface area contributed by atoms with Gasteiger partial charge in [0.25, 0.3) is 0 Å². The summed E-state index contributed by atoms with van der Waals surface area (Å²) in [5.74, 6) is -0.617. The summed E-state index contributed by atoms with van der Waals surface area (Å²) in [6, 6.07) is 2.88. The van der Waals surface area contributed by atoms with E-state index >= 15 is 0 Å². The lowest BCUT2D eigenvalue weighted by Gasteiger charge is -2.13. The van der Waals surface area contributed by atoms with E-state index in [4.69, 9.17) is 5.11 Å². The summed E-state index contributed by atoms with van der Waals surface area (Å²) in [7, 11) is 0. The van der Waals surface area contributed by atoms with Crippen molar-refractivity contribution >= 4 is 5.97 Å². The van der Waals surface area contributed by atoms with Gasteiger partial charge in [-0.1, -0.05) is 0 Å². The number of carbonyl (C=O) groups excluding carboxylic acids is 1. The van der Waals surface area contributed by atoms with Gasteiger partial charge in [-0.2, -0.15) is 13.2 Å². The Morgan fingerprint density at radius 2 is 1.78 bits per heavy atom. The molecule has 0 aliphatic carbocycles. The third-order valence-corrected chi connectivity index (χ3v) is 2.41. The minimum absolute atomic E-state index is 0.0444. The van der Waals surface area contributed by atoms with Crippen LogP contribution in [0.5, 0.6) is 5.75 Å². The van der Waals surface area contributed by atoms with Gasteiger partial charge < -0.3 is 9.84 Å². The Morgan fingerprint density at radius 3 is 2.17 bits per heavy atom. The third-order valence-electron chi connectivity index (χ3n) is 2.41. The molecule has 0 saturated heterocycles. The number of carbonyl (C=O) groups is 1. The fourth-order valence-electron chi connectivity index (χ4n) is 1.64. The van der Waals surface area contributed by atoms with Crippen molar-refractivity contribution in [2.24, 2.45) is 0 Å². The molecule has 0 aromatic heterocycles. The van der Waals surface area contributed by atoms with Gasteiger partial charge in [0.15, 0.2) is 6.61 Å². The first kappa shape index (κ1) is 14.3. The smallest absolute Gasteiger partial charge is 0.520 e. The number of hydrogen-bond acceptors (Lipinski definition) is 2. The molecule has 3 nitrogen and oxygen atoms in total. The maximum Gasteiger partial charge on any atom is 0.520 e. The highest BCUT2D eigenvalue weighted by molar-refractivity contribution is 5.71. The summed E-state index contributed by atoms with van der Waals surface area (Å²) in [5, 5.41) is 6.91. The second-order valence-corrected chi connectivity index (χ2v) is 4.04. The van der Waals surface area contributed by atoms with Crippen LogP contribution in [0.1, 0.15) is 16.7 Å². The predicted octanol–water partition coefficient (Wildman–Crippen LogP) is 2.04. The lowest BCUT2D eigenvalue weighted by atomic mass is 10.00. The van der Waals surface area contributed by atoms with E-state index in [9.17, 15) is 18.0 Å². The number of benzene rings is 1. The summed E-state index contributed by atoms with van der Waals surface area (Å²) >= 11 is 0. The lowest BCUT2D eigenvalue weighted by Crippen LogP contribution is -2.19. The zero-order valence-corrected chi connectivity index (χ0v) is 10.0. The van der Waals surface area contributed by atoms with E-state index in [1.165, 1.54) is 12.1 Å². The third kappa shape index (κ3) is 4.27. The molecule has 2 N–H and O–H groups in total. The van der Waals surface area contributed by atoms with E-state index in [0.29, 0.717) is 16.7 Å². The Balaban J connectivity index is 2.89. The van der Waals surface area contributed by atoms with Crippen molar-refractivity contribution in [2.75, 3.05) is 6.61 Å². The normalized spacial score (nSPS) is 11.4. The standard InChI is InChI=1S/C12H13F3O3/c1-7-3-9(18-6-12(13,14)15)4-8(2)10(7)5-11(16)17/h3-4H,5-6H2,1-2H3,(H,16,17)/p+1. The van der Waals surface area contributed by atoms with E-state index in [2.05, 4.69) is 4.74 Å². The fraction of sp³-hybridized carbons (Fsp3) is 0.417. The van der Waals surface area contributed by atoms with Crippen LogP contribution >= 0.6 is 0 Å². The molecule has 0 amide bonds. The minimum Gasteiger partial charge on any atom is -0.564 e. The lowest BCUT2D eigenvalue weighted by molar-refractivity contribution is -0.153. The van der Waals surface area contributed by atoms with Gasteiger partial charge in [0.1, 0.15) is 12.2 Å². The largest absolute Gasteiger partial charge is 0.564 e. The van der Waals surface area contributed by atoms with E-state index in [0.717, 1.165) is 0 Å². The van der Waals surface area contributed by atoms with Gasteiger partial charge in [0.05, 0.1) is 0 Å². The topological polar surface area (TPSA) is 49.2 Å². The molecule has 1 aromatic rings. The second-order valence-electron chi connectivity index (χ2n) is 4.04. The SMILES string of the molecule is Cc1cc(OCC(F)(F)F)cc(C)c1CC(=O)[OH2+]. The van der Waals surface area contributed by atoms with Gasteiger partial charge in [-0.3, -0.25) is 0 Å². The number of aryl methyl sites for hydroxylation is 2. The average molecular weight is 263 g/mol. The zero-order chi connectivity index (χ0) is 13.9. The van der Waals surface area contributed by atoms with Crippen LogP contribution in [0.2, 0.25) is 0 Å². The summed E-state index contributed by atoms with van der Waals surface area (Å²) in [6.45, 7) is 2.00. The van der Waals surface area contributed by atoms with Crippen LogP contribution in [0, 0.1) is 13.8 Å². The first-order valence-electron chi connectivity index (χ1n) is 5.23. The summed E-state index contributed by atoms with van der Waals surface area (Å²) in [5.41, 5.74) is 1.95. The molecule has 0 bridgehead atoms. The van der Waals surface area contributed by atoms with Crippen LogP contribution in [0.4, 0.5) is 13.2 Å². The molecule has 100 valence electrons. The molecule has 0 saturated carbocycles. The average Bonchev–Trinajstić information content (AvgIpc) is 2.19. The first-order chi connectivity index (χ1) is 8.19. The molecular weight excluding hydrogens is 249 g/mol.